The maximum atomic E-state index is 11.0. The average Bonchev–Trinajstić information content (AvgIpc) is 2.43. The van der Waals surface area contributed by atoms with Crippen molar-refractivity contribution < 1.29 is 14.6 Å². The zero-order valence-corrected chi connectivity index (χ0v) is 10.1. The van der Waals surface area contributed by atoms with Crippen molar-refractivity contribution in [1.82, 2.24) is 0 Å². The molecule has 0 saturated carbocycles. The van der Waals surface area contributed by atoms with Gasteiger partial charge in [0.25, 0.3) is 0 Å². The molecule has 0 saturated heterocycles. The van der Waals surface area contributed by atoms with Crippen LogP contribution in [0.15, 0.2) is 36.4 Å². The van der Waals surface area contributed by atoms with Gasteiger partial charge in [0.05, 0.1) is 9.85 Å². The molecular weight excluding hydrogens is 264 g/mol. The summed E-state index contributed by atoms with van der Waals surface area (Å²) in [6.07, 6.45) is 0.369. The Labute approximate surface area is 112 Å². The van der Waals surface area contributed by atoms with E-state index in [1.165, 1.54) is 12.1 Å². The molecule has 20 heavy (non-hydrogen) atoms. The van der Waals surface area contributed by atoms with Crippen LogP contribution >= 0.6 is 0 Å². The SMILES string of the molecule is O=[N+]([O-])c1cccc2c1Oc1c(cccc1[N+](=O)[O-])C2. The first-order chi connectivity index (χ1) is 9.58. The Morgan fingerprint density at radius 3 is 1.70 bits per heavy atom. The maximum absolute atomic E-state index is 11.0. The highest BCUT2D eigenvalue weighted by atomic mass is 16.6. The molecule has 3 rings (SSSR count). The second-order valence-corrected chi connectivity index (χ2v) is 4.32. The van der Waals surface area contributed by atoms with Crippen LogP contribution in [0.2, 0.25) is 0 Å². The van der Waals surface area contributed by atoms with E-state index >= 15 is 0 Å². The molecule has 2 aromatic carbocycles. The molecule has 0 radical (unpaired) electrons. The van der Waals surface area contributed by atoms with Gasteiger partial charge in [-0.25, -0.2) is 0 Å². The number of nitro groups is 2. The van der Waals surface area contributed by atoms with E-state index in [4.69, 9.17) is 4.74 Å². The van der Waals surface area contributed by atoms with Crippen molar-refractivity contribution in [3.05, 3.63) is 67.8 Å². The van der Waals surface area contributed by atoms with Crippen LogP contribution in [-0.4, -0.2) is 9.85 Å². The summed E-state index contributed by atoms with van der Waals surface area (Å²) < 4.78 is 5.48. The maximum Gasteiger partial charge on any atom is 0.311 e. The highest BCUT2D eigenvalue weighted by molar-refractivity contribution is 5.63. The number of rotatable bonds is 2. The molecule has 2 aromatic rings. The summed E-state index contributed by atoms with van der Waals surface area (Å²) in [5.74, 6) is 0.165. The lowest BCUT2D eigenvalue weighted by Crippen LogP contribution is -2.07. The summed E-state index contributed by atoms with van der Waals surface area (Å²) in [5, 5.41) is 22.0. The van der Waals surface area contributed by atoms with Gasteiger partial charge in [0, 0.05) is 29.7 Å². The molecule has 1 heterocycles. The van der Waals surface area contributed by atoms with E-state index in [0.717, 1.165) is 0 Å². The van der Waals surface area contributed by atoms with Crippen molar-refractivity contribution in [3.63, 3.8) is 0 Å². The molecule has 0 aliphatic carbocycles. The quantitative estimate of drug-likeness (QED) is 0.527. The van der Waals surface area contributed by atoms with E-state index in [9.17, 15) is 20.2 Å². The molecule has 7 nitrogen and oxygen atoms in total. The predicted octanol–water partition coefficient (Wildman–Crippen LogP) is 3.20. The van der Waals surface area contributed by atoms with Crippen LogP contribution in [0.1, 0.15) is 11.1 Å². The van der Waals surface area contributed by atoms with E-state index in [1.54, 1.807) is 24.3 Å². The van der Waals surface area contributed by atoms with Gasteiger partial charge in [0.15, 0.2) is 0 Å². The van der Waals surface area contributed by atoms with Crippen molar-refractivity contribution >= 4 is 11.4 Å². The first kappa shape index (κ1) is 12.1. The largest absolute Gasteiger partial charge is 0.442 e. The smallest absolute Gasteiger partial charge is 0.311 e. The first-order valence-electron chi connectivity index (χ1n) is 5.78. The molecule has 0 unspecified atom stereocenters. The van der Waals surface area contributed by atoms with E-state index in [2.05, 4.69) is 0 Å². The van der Waals surface area contributed by atoms with Crippen molar-refractivity contribution in [2.24, 2.45) is 0 Å². The molecule has 0 atom stereocenters. The highest BCUT2D eigenvalue weighted by Gasteiger charge is 2.30. The van der Waals surface area contributed by atoms with Crippen LogP contribution in [0, 0.1) is 20.2 Å². The molecule has 1 aliphatic rings. The Morgan fingerprint density at radius 2 is 1.30 bits per heavy atom. The molecule has 0 bridgehead atoms. The molecule has 0 fully saturated rings. The zero-order valence-electron chi connectivity index (χ0n) is 10.1. The number of ether oxygens (including phenoxy) is 1. The molecule has 7 heteroatoms. The lowest BCUT2D eigenvalue weighted by Gasteiger charge is -2.19. The summed E-state index contributed by atoms with van der Waals surface area (Å²) in [6, 6.07) is 9.21. The van der Waals surface area contributed by atoms with Gasteiger partial charge in [0.1, 0.15) is 0 Å². The molecule has 0 N–H and O–H groups in total. The summed E-state index contributed by atoms with van der Waals surface area (Å²) in [6.45, 7) is 0. The Kier molecular flexibility index (Phi) is 2.60. The lowest BCUT2D eigenvalue weighted by molar-refractivity contribution is -0.387. The molecular formula is C13H8N2O5. The number of hydrogen-bond acceptors (Lipinski definition) is 5. The number of nitrogens with zero attached hydrogens (tertiary/aromatic N) is 2. The minimum atomic E-state index is -0.557. The fourth-order valence-corrected chi connectivity index (χ4v) is 2.25. The standard InChI is InChI=1S/C13H8N2O5/c16-14(17)10-5-1-3-8-7-9-4-2-6-11(15(18)19)13(9)20-12(8)10/h1-6H,7H2. The van der Waals surface area contributed by atoms with Crippen LogP contribution in [-0.2, 0) is 6.42 Å². The second kappa shape index (κ2) is 4.30. The normalized spacial score (nSPS) is 12.0. The van der Waals surface area contributed by atoms with Gasteiger partial charge in [-0.1, -0.05) is 24.3 Å². The Hall–Kier alpha value is -2.96. The zero-order chi connectivity index (χ0) is 14.3. The van der Waals surface area contributed by atoms with E-state index < -0.39 is 9.85 Å². The van der Waals surface area contributed by atoms with Gasteiger partial charge in [-0.15, -0.1) is 0 Å². The number of para-hydroxylation sites is 2. The first-order valence-corrected chi connectivity index (χ1v) is 5.78. The lowest BCUT2D eigenvalue weighted by atomic mass is 9.99. The van der Waals surface area contributed by atoms with E-state index in [0.29, 0.717) is 17.5 Å². The Bertz CT molecular complexity index is 680. The van der Waals surface area contributed by atoms with E-state index in [1.807, 2.05) is 0 Å². The van der Waals surface area contributed by atoms with Crippen LogP contribution in [0.4, 0.5) is 11.4 Å². The fourth-order valence-electron chi connectivity index (χ4n) is 2.25. The van der Waals surface area contributed by atoms with Gasteiger partial charge in [-0.3, -0.25) is 20.2 Å². The van der Waals surface area contributed by atoms with Crippen LogP contribution in [0.3, 0.4) is 0 Å². The summed E-state index contributed by atoms with van der Waals surface area (Å²) in [7, 11) is 0. The topological polar surface area (TPSA) is 95.5 Å². The summed E-state index contributed by atoms with van der Waals surface area (Å²) >= 11 is 0. The van der Waals surface area contributed by atoms with Gasteiger partial charge >= 0.3 is 11.4 Å². The van der Waals surface area contributed by atoms with E-state index in [-0.39, 0.29) is 22.9 Å². The fraction of sp³-hybridized carbons (Fsp3) is 0.0769. The molecule has 1 aliphatic heterocycles. The number of hydrogen-bond donors (Lipinski definition) is 0. The van der Waals surface area contributed by atoms with Crippen LogP contribution < -0.4 is 4.74 Å². The van der Waals surface area contributed by atoms with Crippen LogP contribution in [0.5, 0.6) is 11.5 Å². The number of fused-ring (bicyclic) bond motifs is 2. The monoisotopic (exact) mass is 272 g/mol. The third-order valence-electron chi connectivity index (χ3n) is 3.13. The minimum Gasteiger partial charge on any atom is -0.442 e. The van der Waals surface area contributed by atoms with Gasteiger partial charge in [0.2, 0.25) is 11.5 Å². The third-order valence-corrected chi connectivity index (χ3v) is 3.13. The molecule has 100 valence electrons. The van der Waals surface area contributed by atoms with Crippen molar-refractivity contribution in [2.45, 2.75) is 6.42 Å². The molecule has 0 aromatic heterocycles. The Morgan fingerprint density at radius 1 is 0.850 bits per heavy atom. The summed E-state index contributed by atoms with van der Waals surface area (Å²) in [5.41, 5.74) is 0.914. The Balaban J connectivity index is 2.18. The van der Waals surface area contributed by atoms with Crippen molar-refractivity contribution in [3.8, 4) is 11.5 Å². The predicted molar refractivity (Wildman–Crippen MR) is 69.1 cm³/mol. The minimum absolute atomic E-state index is 0.0827. The van der Waals surface area contributed by atoms with Crippen molar-refractivity contribution in [2.75, 3.05) is 0 Å². The third kappa shape index (κ3) is 1.76. The average molecular weight is 272 g/mol. The number of nitro benzene ring substituents is 2. The van der Waals surface area contributed by atoms with Gasteiger partial charge < -0.3 is 4.74 Å². The van der Waals surface area contributed by atoms with Gasteiger partial charge in [-0.05, 0) is 0 Å². The van der Waals surface area contributed by atoms with Gasteiger partial charge in [-0.2, -0.15) is 0 Å². The van der Waals surface area contributed by atoms with Crippen LogP contribution in [0.25, 0.3) is 0 Å². The molecule has 0 spiro atoms. The highest BCUT2D eigenvalue weighted by Crippen LogP contribution is 2.45. The second-order valence-electron chi connectivity index (χ2n) is 4.32. The molecule has 0 amide bonds. The number of benzene rings is 2. The summed E-state index contributed by atoms with van der Waals surface area (Å²) in [4.78, 5) is 20.9. The van der Waals surface area contributed by atoms with Crippen molar-refractivity contribution in [1.29, 1.82) is 0 Å².